The molecule has 0 saturated carbocycles. The summed E-state index contributed by atoms with van der Waals surface area (Å²) in [6.45, 7) is 5.15. The van der Waals surface area contributed by atoms with Gasteiger partial charge in [0, 0.05) is 38.0 Å². The topological polar surface area (TPSA) is 15.3 Å². The Morgan fingerprint density at radius 3 is 2.79 bits per heavy atom. The zero-order valence-electron chi connectivity index (χ0n) is 8.10. The minimum atomic E-state index is -4.09. The first-order valence-corrected chi connectivity index (χ1v) is 5.63. The molecule has 14 heavy (non-hydrogen) atoms. The number of hydrogen-bond donors (Lipinski definition) is 1. The highest BCUT2D eigenvalue weighted by molar-refractivity contribution is 8.00. The van der Waals surface area contributed by atoms with Crippen molar-refractivity contribution in [1.29, 1.82) is 0 Å². The summed E-state index contributed by atoms with van der Waals surface area (Å²) in [6, 6.07) is 0.345. The largest absolute Gasteiger partial charge is 0.441 e. The van der Waals surface area contributed by atoms with E-state index in [1.807, 2.05) is 6.92 Å². The van der Waals surface area contributed by atoms with Crippen molar-refractivity contribution in [3.05, 3.63) is 0 Å². The molecule has 1 aliphatic rings. The summed E-state index contributed by atoms with van der Waals surface area (Å²) in [6.07, 6.45) is 0. The number of piperazine rings is 1. The van der Waals surface area contributed by atoms with Crippen molar-refractivity contribution in [3.63, 3.8) is 0 Å². The summed E-state index contributed by atoms with van der Waals surface area (Å²) in [5, 5.41) is 3.20. The van der Waals surface area contributed by atoms with Crippen LogP contribution in [0.2, 0.25) is 0 Å². The lowest BCUT2D eigenvalue weighted by Gasteiger charge is -2.33. The number of nitrogens with one attached hydrogen (secondary N) is 1. The highest BCUT2D eigenvalue weighted by Crippen LogP contribution is 2.29. The second kappa shape index (κ2) is 5.23. The van der Waals surface area contributed by atoms with Gasteiger partial charge in [-0.05, 0) is 18.7 Å². The summed E-state index contributed by atoms with van der Waals surface area (Å²) in [7, 11) is 0. The van der Waals surface area contributed by atoms with E-state index in [9.17, 15) is 13.2 Å². The van der Waals surface area contributed by atoms with Gasteiger partial charge in [-0.1, -0.05) is 0 Å². The molecule has 6 heteroatoms. The molecule has 1 rings (SSSR count). The van der Waals surface area contributed by atoms with Crippen molar-refractivity contribution < 1.29 is 13.2 Å². The lowest BCUT2D eigenvalue weighted by Crippen LogP contribution is -2.50. The smallest absolute Gasteiger partial charge is 0.314 e. The maximum Gasteiger partial charge on any atom is 0.441 e. The molecule has 2 nitrogen and oxygen atoms in total. The van der Waals surface area contributed by atoms with E-state index < -0.39 is 5.51 Å². The van der Waals surface area contributed by atoms with E-state index in [0.29, 0.717) is 12.6 Å². The minimum Gasteiger partial charge on any atom is -0.314 e. The number of alkyl halides is 3. The molecule has 1 atom stereocenters. The van der Waals surface area contributed by atoms with E-state index in [1.165, 1.54) is 0 Å². The number of thioether (sulfide) groups is 1. The Hall–Kier alpha value is 0.0600. The molecule has 1 heterocycles. The molecule has 0 unspecified atom stereocenters. The van der Waals surface area contributed by atoms with Crippen LogP contribution in [0.5, 0.6) is 0 Å². The van der Waals surface area contributed by atoms with E-state index in [4.69, 9.17) is 0 Å². The summed E-state index contributed by atoms with van der Waals surface area (Å²) in [4.78, 5) is 2.09. The van der Waals surface area contributed by atoms with Crippen molar-refractivity contribution >= 4 is 11.8 Å². The van der Waals surface area contributed by atoms with Crippen LogP contribution in [0, 0.1) is 0 Å². The molecule has 0 aromatic rings. The van der Waals surface area contributed by atoms with Crippen molar-refractivity contribution in [2.24, 2.45) is 0 Å². The van der Waals surface area contributed by atoms with Crippen molar-refractivity contribution in [1.82, 2.24) is 10.2 Å². The van der Waals surface area contributed by atoms with E-state index in [1.54, 1.807) is 0 Å². The summed E-state index contributed by atoms with van der Waals surface area (Å²) in [5.74, 6) is 0.133. The third-order valence-electron chi connectivity index (χ3n) is 2.28. The van der Waals surface area contributed by atoms with E-state index in [-0.39, 0.29) is 17.5 Å². The van der Waals surface area contributed by atoms with Gasteiger partial charge in [-0.3, -0.25) is 4.90 Å². The Morgan fingerprint density at radius 1 is 1.50 bits per heavy atom. The maximum atomic E-state index is 11.8. The summed E-state index contributed by atoms with van der Waals surface area (Å²) >= 11 is 0.0672. The third-order valence-corrected chi connectivity index (χ3v) is 3.00. The van der Waals surface area contributed by atoms with Crippen LogP contribution in [-0.2, 0) is 0 Å². The molecule has 1 N–H and O–H groups in total. The SMILES string of the molecule is C[C@H]1CNCCN1CCSC(F)(F)F. The highest BCUT2D eigenvalue weighted by atomic mass is 32.2. The fraction of sp³-hybridized carbons (Fsp3) is 1.00. The lowest BCUT2D eigenvalue weighted by molar-refractivity contribution is -0.0329. The Balaban J connectivity index is 2.17. The Bertz CT molecular complexity index is 174. The average molecular weight is 228 g/mol. The highest BCUT2D eigenvalue weighted by Gasteiger charge is 2.28. The molecular weight excluding hydrogens is 213 g/mol. The third kappa shape index (κ3) is 4.52. The van der Waals surface area contributed by atoms with Gasteiger partial charge in [0.15, 0.2) is 0 Å². The van der Waals surface area contributed by atoms with Crippen LogP contribution in [0.25, 0.3) is 0 Å². The van der Waals surface area contributed by atoms with Crippen LogP contribution < -0.4 is 5.32 Å². The van der Waals surface area contributed by atoms with Gasteiger partial charge in [0.25, 0.3) is 0 Å². The zero-order chi connectivity index (χ0) is 10.6. The molecule has 0 aliphatic carbocycles. The molecule has 0 spiro atoms. The molecule has 0 aromatic heterocycles. The molecule has 84 valence electrons. The number of hydrogen-bond acceptors (Lipinski definition) is 3. The van der Waals surface area contributed by atoms with Gasteiger partial charge in [-0.25, -0.2) is 0 Å². The van der Waals surface area contributed by atoms with Crippen LogP contribution in [0.4, 0.5) is 13.2 Å². The maximum absolute atomic E-state index is 11.8. The first-order valence-electron chi connectivity index (χ1n) is 4.64. The monoisotopic (exact) mass is 228 g/mol. The molecule has 1 aliphatic heterocycles. The van der Waals surface area contributed by atoms with E-state index >= 15 is 0 Å². The van der Waals surface area contributed by atoms with Gasteiger partial charge < -0.3 is 5.32 Å². The standard InChI is InChI=1S/C8H15F3N2S/c1-7-6-12-2-3-13(7)4-5-14-8(9,10)11/h7,12H,2-6H2,1H3/t7-/m0/s1. The van der Waals surface area contributed by atoms with Gasteiger partial charge in [-0.2, -0.15) is 13.2 Å². The van der Waals surface area contributed by atoms with Gasteiger partial charge in [-0.15, -0.1) is 0 Å². The second-order valence-electron chi connectivity index (χ2n) is 3.38. The second-order valence-corrected chi connectivity index (χ2v) is 4.54. The summed E-state index contributed by atoms with van der Waals surface area (Å²) < 4.78 is 35.5. The first kappa shape index (κ1) is 12.1. The molecular formula is C8H15F3N2S. The van der Waals surface area contributed by atoms with Gasteiger partial charge >= 0.3 is 5.51 Å². The van der Waals surface area contributed by atoms with Gasteiger partial charge in [0.2, 0.25) is 0 Å². The van der Waals surface area contributed by atoms with E-state index in [2.05, 4.69) is 10.2 Å². The number of rotatable bonds is 3. The normalized spacial score (nSPS) is 25.3. The van der Waals surface area contributed by atoms with Crippen molar-refractivity contribution in [2.45, 2.75) is 18.5 Å². The quantitative estimate of drug-likeness (QED) is 0.788. The van der Waals surface area contributed by atoms with Crippen molar-refractivity contribution in [2.75, 3.05) is 31.9 Å². The van der Waals surface area contributed by atoms with Crippen molar-refractivity contribution in [3.8, 4) is 0 Å². The average Bonchev–Trinajstić information content (AvgIpc) is 2.06. The van der Waals surface area contributed by atoms with Crippen LogP contribution in [0.15, 0.2) is 0 Å². The van der Waals surface area contributed by atoms with Crippen LogP contribution >= 0.6 is 11.8 Å². The Morgan fingerprint density at radius 2 is 2.21 bits per heavy atom. The lowest BCUT2D eigenvalue weighted by atomic mass is 10.2. The Labute approximate surface area is 86.2 Å². The summed E-state index contributed by atoms with van der Waals surface area (Å²) in [5.41, 5.74) is -4.09. The predicted octanol–water partition coefficient (Wildman–Crippen LogP) is 1.53. The van der Waals surface area contributed by atoms with Crippen LogP contribution in [0.3, 0.4) is 0 Å². The van der Waals surface area contributed by atoms with Gasteiger partial charge in [0.05, 0.1) is 0 Å². The molecule has 1 saturated heterocycles. The van der Waals surface area contributed by atoms with Crippen LogP contribution in [0.1, 0.15) is 6.92 Å². The van der Waals surface area contributed by atoms with E-state index in [0.717, 1.165) is 19.6 Å². The molecule has 1 fully saturated rings. The first-order chi connectivity index (χ1) is 6.49. The fourth-order valence-corrected chi connectivity index (χ4v) is 2.05. The molecule has 0 amide bonds. The Kier molecular flexibility index (Phi) is 4.53. The fourth-order valence-electron chi connectivity index (χ4n) is 1.49. The number of halogens is 3. The molecule has 0 bridgehead atoms. The molecule has 0 radical (unpaired) electrons. The minimum absolute atomic E-state index is 0.0672. The molecule has 0 aromatic carbocycles. The predicted molar refractivity (Wildman–Crippen MR) is 52.4 cm³/mol. The number of nitrogens with zero attached hydrogens (tertiary/aromatic N) is 1. The van der Waals surface area contributed by atoms with Gasteiger partial charge in [0.1, 0.15) is 0 Å². The zero-order valence-corrected chi connectivity index (χ0v) is 8.92. The van der Waals surface area contributed by atoms with Crippen LogP contribution in [-0.4, -0.2) is 48.4 Å².